The fraction of sp³-hybridized carbons (Fsp3) is 0.812. The van der Waals surface area contributed by atoms with Crippen molar-refractivity contribution in [1.82, 2.24) is 15.1 Å². The molecule has 19 heavy (non-hydrogen) atoms. The first-order chi connectivity index (χ1) is 9.04. The quantitative estimate of drug-likeness (QED) is 0.779. The summed E-state index contributed by atoms with van der Waals surface area (Å²) < 4.78 is 2.27. The molecule has 0 spiro atoms. The minimum atomic E-state index is 0.507. The molecule has 0 aliphatic rings. The summed E-state index contributed by atoms with van der Waals surface area (Å²) in [6.45, 7) is 14.4. The van der Waals surface area contributed by atoms with Crippen LogP contribution in [0.5, 0.6) is 0 Å². The number of nitrogens with zero attached hydrogens (tertiary/aromatic N) is 2. The maximum atomic E-state index is 4.86. The van der Waals surface area contributed by atoms with Crippen LogP contribution >= 0.6 is 0 Å². The smallest absolute Gasteiger partial charge is 0.0657 e. The van der Waals surface area contributed by atoms with Crippen molar-refractivity contribution < 1.29 is 0 Å². The summed E-state index contributed by atoms with van der Waals surface area (Å²) in [5, 5.41) is 8.37. The van der Waals surface area contributed by atoms with Gasteiger partial charge in [-0.25, -0.2) is 0 Å². The molecule has 0 fully saturated rings. The van der Waals surface area contributed by atoms with E-state index < -0.39 is 0 Å². The summed E-state index contributed by atoms with van der Waals surface area (Å²) in [5.74, 6) is 0. The minimum absolute atomic E-state index is 0.507. The molecule has 0 saturated heterocycles. The molecule has 1 rings (SSSR count). The second kappa shape index (κ2) is 7.68. The van der Waals surface area contributed by atoms with Gasteiger partial charge in [0.2, 0.25) is 0 Å². The number of aromatic nitrogens is 2. The highest BCUT2D eigenvalue weighted by molar-refractivity contribution is 5.27. The number of aryl methyl sites for hydroxylation is 1. The fourth-order valence-electron chi connectivity index (χ4n) is 2.53. The zero-order valence-electron chi connectivity index (χ0n) is 13.6. The normalized spacial score (nSPS) is 13.2. The Morgan fingerprint density at radius 3 is 2.26 bits per heavy atom. The average Bonchev–Trinajstić information content (AvgIpc) is 2.75. The van der Waals surface area contributed by atoms with Crippen LogP contribution in [-0.2, 0) is 19.3 Å². The first-order valence-corrected chi connectivity index (χ1v) is 7.87. The Bertz CT molecular complexity index is 380. The van der Waals surface area contributed by atoms with Gasteiger partial charge in [0, 0.05) is 17.8 Å². The van der Waals surface area contributed by atoms with E-state index in [0.717, 1.165) is 32.2 Å². The molecule has 0 saturated carbocycles. The summed E-state index contributed by atoms with van der Waals surface area (Å²) in [7, 11) is 0. The van der Waals surface area contributed by atoms with Gasteiger partial charge in [0.1, 0.15) is 0 Å². The van der Waals surface area contributed by atoms with E-state index in [-0.39, 0.29) is 0 Å². The molecule has 1 aromatic rings. The van der Waals surface area contributed by atoms with E-state index in [4.69, 9.17) is 5.10 Å². The highest BCUT2D eigenvalue weighted by Gasteiger charge is 2.17. The Labute approximate surface area is 118 Å². The molecule has 0 aliphatic carbocycles. The monoisotopic (exact) mass is 265 g/mol. The Morgan fingerprint density at radius 1 is 1.11 bits per heavy atom. The maximum absolute atomic E-state index is 4.86. The van der Waals surface area contributed by atoms with Gasteiger partial charge >= 0.3 is 0 Å². The van der Waals surface area contributed by atoms with Crippen molar-refractivity contribution in [3.05, 3.63) is 17.0 Å². The molecule has 0 amide bonds. The highest BCUT2D eigenvalue weighted by atomic mass is 15.3. The standard InChI is InChI=1S/C16H31N3/c1-7-13(6)19-16(9-3)14(15(8-2)18-19)10-11-17-12(4)5/h12-13,17H,7-11H2,1-6H3. The van der Waals surface area contributed by atoms with Gasteiger partial charge in [-0.05, 0) is 44.7 Å². The molecule has 1 aromatic heterocycles. The number of nitrogens with one attached hydrogen (secondary N) is 1. The Balaban J connectivity index is 2.96. The molecule has 1 N–H and O–H groups in total. The third-order valence-corrected chi connectivity index (χ3v) is 3.81. The van der Waals surface area contributed by atoms with Gasteiger partial charge in [-0.1, -0.05) is 34.6 Å². The summed E-state index contributed by atoms with van der Waals surface area (Å²) in [5.41, 5.74) is 4.22. The van der Waals surface area contributed by atoms with Crippen molar-refractivity contribution in [2.24, 2.45) is 0 Å². The second-order valence-electron chi connectivity index (χ2n) is 5.64. The largest absolute Gasteiger partial charge is 0.314 e. The lowest BCUT2D eigenvalue weighted by Crippen LogP contribution is -2.25. The summed E-state index contributed by atoms with van der Waals surface area (Å²) >= 11 is 0. The molecule has 0 aliphatic heterocycles. The van der Waals surface area contributed by atoms with E-state index in [1.54, 1.807) is 0 Å². The Hall–Kier alpha value is -0.830. The van der Waals surface area contributed by atoms with E-state index in [1.807, 2.05) is 0 Å². The van der Waals surface area contributed by atoms with Crippen molar-refractivity contribution in [3.8, 4) is 0 Å². The summed E-state index contributed by atoms with van der Waals surface area (Å²) in [4.78, 5) is 0. The summed E-state index contributed by atoms with van der Waals surface area (Å²) in [6, 6.07) is 1.06. The van der Waals surface area contributed by atoms with Gasteiger partial charge in [-0.2, -0.15) is 5.10 Å². The van der Waals surface area contributed by atoms with Crippen LogP contribution in [0.3, 0.4) is 0 Å². The lowest BCUT2D eigenvalue weighted by molar-refractivity contribution is 0.458. The van der Waals surface area contributed by atoms with Crippen LogP contribution in [0.1, 0.15) is 71.0 Å². The molecular weight excluding hydrogens is 234 g/mol. The third kappa shape index (κ3) is 4.07. The predicted octanol–water partition coefficient (Wildman–Crippen LogP) is 3.52. The van der Waals surface area contributed by atoms with Crippen molar-refractivity contribution in [2.75, 3.05) is 6.54 Å². The molecule has 3 nitrogen and oxygen atoms in total. The predicted molar refractivity (Wildman–Crippen MR) is 82.8 cm³/mol. The highest BCUT2D eigenvalue weighted by Crippen LogP contribution is 2.22. The third-order valence-electron chi connectivity index (χ3n) is 3.81. The van der Waals surface area contributed by atoms with Crippen LogP contribution in [0, 0.1) is 0 Å². The van der Waals surface area contributed by atoms with Gasteiger partial charge in [-0.15, -0.1) is 0 Å². The van der Waals surface area contributed by atoms with Crippen molar-refractivity contribution >= 4 is 0 Å². The van der Waals surface area contributed by atoms with E-state index in [2.05, 4.69) is 51.5 Å². The molecule has 3 heteroatoms. The van der Waals surface area contributed by atoms with Crippen LogP contribution < -0.4 is 5.32 Å². The van der Waals surface area contributed by atoms with E-state index in [1.165, 1.54) is 17.0 Å². The molecule has 0 aromatic carbocycles. The second-order valence-corrected chi connectivity index (χ2v) is 5.64. The molecule has 0 radical (unpaired) electrons. The van der Waals surface area contributed by atoms with Gasteiger partial charge in [-0.3, -0.25) is 4.68 Å². The van der Waals surface area contributed by atoms with Crippen LogP contribution in [0.25, 0.3) is 0 Å². The van der Waals surface area contributed by atoms with Crippen LogP contribution in [0.15, 0.2) is 0 Å². The van der Waals surface area contributed by atoms with Crippen LogP contribution in [0.4, 0.5) is 0 Å². The van der Waals surface area contributed by atoms with Crippen LogP contribution in [0.2, 0.25) is 0 Å². The Morgan fingerprint density at radius 2 is 1.79 bits per heavy atom. The molecular formula is C16H31N3. The average molecular weight is 265 g/mol. The first-order valence-electron chi connectivity index (χ1n) is 7.87. The number of hydrogen-bond donors (Lipinski definition) is 1. The maximum Gasteiger partial charge on any atom is 0.0657 e. The lowest BCUT2D eigenvalue weighted by atomic mass is 10.1. The van der Waals surface area contributed by atoms with Crippen molar-refractivity contribution in [1.29, 1.82) is 0 Å². The zero-order valence-corrected chi connectivity index (χ0v) is 13.6. The van der Waals surface area contributed by atoms with Crippen LogP contribution in [-0.4, -0.2) is 22.4 Å². The summed E-state index contributed by atoms with van der Waals surface area (Å²) in [6.07, 6.45) is 4.35. The molecule has 1 unspecified atom stereocenters. The van der Waals surface area contributed by atoms with E-state index in [0.29, 0.717) is 12.1 Å². The van der Waals surface area contributed by atoms with Gasteiger partial charge in [0.05, 0.1) is 5.69 Å². The molecule has 1 atom stereocenters. The zero-order chi connectivity index (χ0) is 14.4. The fourth-order valence-corrected chi connectivity index (χ4v) is 2.53. The van der Waals surface area contributed by atoms with Gasteiger partial charge in [0.25, 0.3) is 0 Å². The topological polar surface area (TPSA) is 29.9 Å². The SMILES string of the molecule is CCc1nn(C(C)CC)c(CC)c1CCNC(C)C. The molecule has 1 heterocycles. The number of rotatable bonds is 8. The molecule has 110 valence electrons. The number of hydrogen-bond acceptors (Lipinski definition) is 2. The van der Waals surface area contributed by atoms with E-state index in [9.17, 15) is 0 Å². The Kier molecular flexibility index (Phi) is 6.56. The van der Waals surface area contributed by atoms with Gasteiger partial charge in [0.15, 0.2) is 0 Å². The van der Waals surface area contributed by atoms with Gasteiger partial charge < -0.3 is 5.32 Å². The minimum Gasteiger partial charge on any atom is -0.314 e. The van der Waals surface area contributed by atoms with E-state index >= 15 is 0 Å². The molecule has 0 bridgehead atoms. The lowest BCUT2D eigenvalue weighted by Gasteiger charge is -2.14. The van der Waals surface area contributed by atoms with Crippen molar-refractivity contribution in [3.63, 3.8) is 0 Å². The first kappa shape index (κ1) is 16.2. The van der Waals surface area contributed by atoms with Crippen molar-refractivity contribution in [2.45, 2.75) is 79.3 Å².